The minimum Gasteiger partial charge on any atom is -0.497 e. The van der Waals surface area contributed by atoms with Crippen LogP contribution < -0.4 is 14.8 Å². The number of nitrogens with zero attached hydrogens (tertiary/aromatic N) is 1. The number of nitrogens with one attached hydrogen (secondary N) is 1. The summed E-state index contributed by atoms with van der Waals surface area (Å²) in [5, 5.41) is 12.8. The first-order valence-electron chi connectivity index (χ1n) is 8.14. The molecule has 2 aromatic rings. The molecule has 9 nitrogen and oxygen atoms in total. The second kappa shape index (κ2) is 9.83. The number of benzene rings is 2. The molecule has 0 unspecified atom stereocenters. The number of esters is 1. The van der Waals surface area contributed by atoms with Crippen molar-refractivity contribution in [1.82, 2.24) is 0 Å². The molecule has 2 aromatic carbocycles. The summed E-state index contributed by atoms with van der Waals surface area (Å²) in [6.07, 6.45) is 2.50. The van der Waals surface area contributed by atoms with E-state index in [1.165, 1.54) is 20.3 Å². The normalized spacial score (nSPS) is 10.4. The van der Waals surface area contributed by atoms with Crippen molar-refractivity contribution in [3.8, 4) is 11.5 Å². The summed E-state index contributed by atoms with van der Waals surface area (Å²) in [4.78, 5) is 33.6. The molecule has 0 saturated heterocycles. The third-order valence-electron chi connectivity index (χ3n) is 3.62. The van der Waals surface area contributed by atoms with Gasteiger partial charge in [0.2, 0.25) is 0 Å². The second-order valence-electron chi connectivity index (χ2n) is 5.52. The van der Waals surface area contributed by atoms with Crippen molar-refractivity contribution in [1.29, 1.82) is 0 Å². The standard InChI is InChI=1S/C19H17FN2O7/c1-27-14-5-7-17(28-2)12(9-14)3-8-19(24)29-11-18(23)21-16-10-13(22(25)26)4-6-15(16)20/h3-10H,11H2,1-2H3,(H,21,23)/b8-3+. The van der Waals surface area contributed by atoms with E-state index in [1.54, 1.807) is 18.2 Å². The van der Waals surface area contributed by atoms with E-state index in [1.807, 2.05) is 0 Å². The van der Waals surface area contributed by atoms with Gasteiger partial charge in [0.15, 0.2) is 6.61 Å². The van der Waals surface area contributed by atoms with Crippen LogP contribution in [0.5, 0.6) is 11.5 Å². The van der Waals surface area contributed by atoms with Gasteiger partial charge in [-0.1, -0.05) is 0 Å². The average molecular weight is 404 g/mol. The molecule has 1 N–H and O–H groups in total. The Labute approximate surface area is 164 Å². The van der Waals surface area contributed by atoms with E-state index in [2.05, 4.69) is 5.32 Å². The zero-order valence-electron chi connectivity index (χ0n) is 15.5. The van der Waals surface area contributed by atoms with Gasteiger partial charge in [0.05, 0.1) is 24.8 Å². The van der Waals surface area contributed by atoms with Gasteiger partial charge in [-0.15, -0.1) is 0 Å². The Hall–Kier alpha value is -3.95. The first-order valence-corrected chi connectivity index (χ1v) is 8.14. The number of hydrogen-bond acceptors (Lipinski definition) is 7. The van der Waals surface area contributed by atoms with E-state index in [4.69, 9.17) is 14.2 Å². The molecule has 0 aliphatic carbocycles. The molecule has 29 heavy (non-hydrogen) atoms. The number of halogens is 1. The lowest BCUT2D eigenvalue weighted by Crippen LogP contribution is -2.20. The summed E-state index contributed by atoms with van der Waals surface area (Å²) in [7, 11) is 2.96. The first-order chi connectivity index (χ1) is 13.8. The second-order valence-corrected chi connectivity index (χ2v) is 5.52. The van der Waals surface area contributed by atoms with Crippen LogP contribution in [0.25, 0.3) is 6.08 Å². The van der Waals surface area contributed by atoms with Gasteiger partial charge in [-0.05, 0) is 30.3 Å². The van der Waals surface area contributed by atoms with E-state index >= 15 is 0 Å². The zero-order chi connectivity index (χ0) is 21.4. The predicted molar refractivity (Wildman–Crippen MR) is 101 cm³/mol. The van der Waals surface area contributed by atoms with E-state index in [0.717, 1.165) is 24.3 Å². The number of rotatable bonds is 8. The van der Waals surface area contributed by atoms with E-state index < -0.39 is 40.6 Å². The Bertz CT molecular complexity index is 960. The molecule has 1 amide bonds. The molecule has 0 saturated carbocycles. The zero-order valence-corrected chi connectivity index (χ0v) is 15.5. The van der Waals surface area contributed by atoms with Gasteiger partial charge in [0, 0.05) is 23.8 Å². The maximum absolute atomic E-state index is 13.7. The molecular formula is C19H17FN2O7. The fraction of sp³-hybridized carbons (Fsp3) is 0.158. The van der Waals surface area contributed by atoms with Crippen LogP contribution in [0.1, 0.15) is 5.56 Å². The third kappa shape index (κ3) is 6.03. The minimum atomic E-state index is -0.861. The van der Waals surface area contributed by atoms with E-state index in [9.17, 15) is 24.1 Å². The first kappa shape index (κ1) is 21.4. The summed E-state index contributed by atoms with van der Waals surface area (Å²) in [6, 6.07) is 7.66. The van der Waals surface area contributed by atoms with Crippen LogP contribution in [0, 0.1) is 15.9 Å². The van der Waals surface area contributed by atoms with Gasteiger partial charge in [-0.25, -0.2) is 9.18 Å². The van der Waals surface area contributed by atoms with Crippen LogP contribution in [-0.2, 0) is 14.3 Å². The molecule has 0 bridgehead atoms. The van der Waals surface area contributed by atoms with Crippen molar-refractivity contribution >= 4 is 29.3 Å². The van der Waals surface area contributed by atoms with Gasteiger partial charge < -0.3 is 19.5 Å². The van der Waals surface area contributed by atoms with Crippen LogP contribution in [0.4, 0.5) is 15.8 Å². The van der Waals surface area contributed by atoms with Crippen molar-refractivity contribution in [3.05, 3.63) is 64.0 Å². The molecule has 0 aromatic heterocycles. The topological polar surface area (TPSA) is 117 Å². The molecule has 152 valence electrons. The summed E-state index contributed by atoms with van der Waals surface area (Å²) >= 11 is 0. The summed E-state index contributed by atoms with van der Waals surface area (Å²) < 4.78 is 28.7. The van der Waals surface area contributed by atoms with Crippen molar-refractivity contribution in [2.75, 3.05) is 26.1 Å². The number of methoxy groups -OCH3 is 2. The van der Waals surface area contributed by atoms with E-state index in [0.29, 0.717) is 17.1 Å². The lowest BCUT2D eigenvalue weighted by Gasteiger charge is -2.07. The number of anilines is 1. The van der Waals surface area contributed by atoms with E-state index in [-0.39, 0.29) is 0 Å². The molecular weight excluding hydrogens is 387 g/mol. The number of nitro groups is 1. The highest BCUT2D eigenvalue weighted by Gasteiger charge is 2.14. The van der Waals surface area contributed by atoms with Gasteiger partial charge in [0.25, 0.3) is 11.6 Å². The minimum absolute atomic E-state index is 0.392. The summed E-state index contributed by atoms with van der Waals surface area (Å²) in [5.41, 5.74) is -0.238. The number of hydrogen-bond donors (Lipinski definition) is 1. The quantitative estimate of drug-likeness (QED) is 0.311. The largest absolute Gasteiger partial charge is 0.497 e. The van der Waals surface area contributed by atoms with Crippen LogP contribution in [0.15, 0.2) is 42.5 Å². The number of carbonyl (C=O) groups excluding carboxylic acids is 2. The number of amides is 1. The van der Waals surface area contributed by atoms with Gasteiger partial charge in [0.1, 0.15) is 17.3 Å². The summed E-state index contributed by atoms with van der Waals surface area (Å²) in [6.45, 7) is -0.708. The SMILES string of the molecule is COc1ccc(OC)c(/C=C/C(=O)OCC(=O)Nc2cc([N+](=O)[O-])ccc2F)c1. The number of ether oxygens (including phenoxy) is 3. The van der Waals surface area contributed by atoms with Crippen LogP contribution in [0.3, 0.4) is 0 Å². The highest BCUT2D eigenvalue weighted by Crippen LogP contribution is 2.25. The Morgan fingerprint density at radius 1 is 1.17 bits per heavy atom. The van der Waals surface area contributed by atoms with Crippen molar-refractivity contribution in [2.45, 2.75) is 0 Å². The van der Waals surface area contributed by atoms with Crippen LogP contribution in [-0.4, -0.2) is 37.6 Å². The van der Waals surface area contributed by atoms with Gasteiger partial charge >= 0.3 is 5.97 Å². The molecule has 10 heteroatoms. The molecule has 0 aliphatic rings. The number of carbonyl (C=O) groups is 2. The molecule has 2 rings (SSSR count). The maximum Gasteiger partial charge on any atom is 0.331 e. The molecule has 0 heterocycles. The average Bonchev–Trinajstić information content (AvgIpc) is 2.71. The fourth-order valence-corrected chi connectivity index (χ4v) is 2.22. The monoisotopic (exact) mass is 404 g/mol. The van der Waals surface area contributed by atoms with Crippen LogP contribution >= 0.6 is 0 Å². The van der Waals surface area contributed by atoms with Crippen molar-refractivity contribution in [3.63, 3.8) is 0 Å². The predicted octanol–water partition coefficient (Wildman–Crippen LogP) is 2.95. The smallest absolute Gasteiger partial charge is 0.331 e. The van der Waals surface area contributed by atoms with Crippen LogP contribution in [0.2, 0.25) is 0 Å². The van der Waals surface area contributed by atoms with Crippen molar-refractivity contribution < 1.29 is 33.1 Å². The van der Waals surface area contributed by atoms with Gasteiger partial charge in [-0.3, -0.25) is 14.9 Å². The maximum atomic E-state index is 13.7. The van der Waals surface area contributed by atoms with Gasteiger partial charge in [-0.2, -0.15) is 0 Å². The highest BCUT2D eigenvalue weighted by atomic mass is 19.1. The Morgan fingerprint density at radius 2 is 1.93 bits per heavy atom. The third-order valence-corrected chi connectivity index (χ3v) is 3.62. The highest BCUT2D eigenvalue weighted by molar-refractivity contribution is 5.95. The Kier molecular flexibility index (Phi) is 7.24. The molecule has 0 radical (unpaired) electrons. The molecule has 0 atom stereocenters. The number of nitro benzene ring substituents is 1. The Balaban J connectivity index is 1.96. The molecule has 0 fully saturated rings. The fourth-order valence-electron chi connectivity index (χ4n) is 2.22. The van der Waals surface area contributed by atoms with Crippen molar-refractivity contribution in [2.24, 2.45) is 0 Å². The Morgan fingerprint density at radius 3 is 2.59 bits per heavy atom. The lowest BCUT2D eigenvalue weighted by atomic mass is 10.1. The molecule has 0 aliphatic heterocycles. The summed E-state index contributed by atoms with van der Waals surface area (Å²) in [5.74, 6) is -1.50. The number of non-ortho nitro benzene ring substituents is 1. The lowest BCUT2D eigenvalue weighted by molar-refractivity contribution is -0.384. The molecule has 0 spiro atoms.